The molecule has 3 aliphatic heterocycles. The lowest BCUT2D eigenvalue weighted by molar-refractivity contribution is -0.135. The van der Waals surface area contributed by atoms with Crippen molar-refractivity contribution in [1.29, 1.82) is 0 Å². The van der Waals surface area contributed by atoms with Crippen LogP contribution in [-0.4, -0.2) is 77.7 Å². The van der Waals surface area contributed by atoms with Gasteiger partial charge in [0.05, 0.1) is 12.2 Å². The molecule has 7 nitrogen and oxygen atoms in total. The number of carbonyl (C=O) groups excluding carboxylic acids is 2. The van der Waals surface area contributed by atoms with E-state index in [-0.39, 0.29) is 24.6 Å². The highest BCUT2D eigenvalue weighted by atomic mass is 16.5. The lowest BCUT2D eigenvalue weighted by atomic mass is 9.85. The molecule has 3 heterocycles. The minimum absolute atomic E-state index is 0.0270. The molecule has 33 heavy (non-hydrogen) atoms. The molecule has 2 fully saturated rings. The van der Waals surface area contributed by atoms with Crippen LogP contribution in [0.4, 0.5) is 5.69 Å². The van der Waals surface area contributed by atoms with E-state index in [2.05, 4.69) is 35.8 Å². The van der Waals surface area contributed by atoms with Crippen LogP contribution in [0.2, 0.25) is 0 Å². The maximum Gasteiger partial charge on any atom is 0.260 e. The number of likely N-dealkylation sites (tertiary alicyclic amines) is 1. The van der Waals surface area contributed by atoms with Gasteiger partial charge in [0.15, 0.2) is 6.73 Å². The van der Waals surface area contributed by atoms with Crippen LogP contribution < -0.4 is 9.64 Å². The quantitative estimate of drug-likeness (QED) is 0.704. The summed E-state index contributed by atoms with van der Waals surface area (Å²) in [6.07, 6.45) is 1.58. The number of hydrogen-bond donors (Lipinski definition) is 0. The monoisotopic (exact) mass is 448 g/mol. The molecule has 0 radical (unpaired) electrons. The Kier molecular flexibility index (Phi) is 5.74. The van der Waals surface area contributed by atoms with Crippen LogP contribution in [-0.2, 0) is 4.79 Å². The van der Waals surface area contributed by atoms with Gasteiger partial charge in [-0.25, -0.2) is 0 Å². The van der Waals surface area contributed by atoms with Gasteiger partial charge in [0, 0.05) is 37.9 Å². The van der Waals surface area contributed by atoms with E-state index in [4.69, 9.17) is 4.74 Å². The first-order chi connectivity index (χ1) is 16.0. The molecule has 5 rings (SSSR count). The van der Waals surface area contributed by atoms with Gasteiger partial charge in [-0.2, -0.15) is 0 Å². The second kappa shape index (κ2) is 8.71. The molecule has 2 saturated heterocycles. The van der Waals surface area contributed by atoms with E-state index in [0.717, 1.165) is 38.2 Å². The fourth-order valence-corrected chi connectivity index (χ4v) is 5.27. The first-order valence-electron chi connectivity index (χ1n) is 11.9. The zero-order valence-corrected chi connectivity index (χ0v) is 19.4. The molecule has 0 bridgehead atoms. The maximum atomic E-state index is 13.6. The predicted molar refractivity (Wildman–Crippen MR) is 127 cm³/mol. The molecule has 3 aliphatic rings. The molecule has 0 N–H and O–H groups in total. The van der Waals surface area contributed by atoms with Gasteiger partial charge in [0.1, 0.15) is 11.3 Å². The van der Waals surface area contributed by atoms with Crippen LogP contribution in [0.15, 0.2) is 54.6 Å². The molecule has 2 aromatic carbocycles. The average Bonchev–Trinajstić information content (AvgIpc) is 3.12. The average molecular weight is 449 g/mol. The van der Waals surface area contributed by atoms with Gasteiger partial charge in [-0.05, 0) is 51.0 Å². The first-order valence-corrected chi connectivity index (χ1v) is 11.9. The van der Waals surface area contributed by atoms with Gasteiger partial charge in [0.25, 0.3) is 5.91 Å². The second-order valence-electron chi connectivity index (χ2n) is 9.49. The molecule has 174 valence electrons. The van der Waals surface area contributed by atoms with E-state index >= 15 is 0 Å². The molecule has 7 heteroatoms. The van der Waals surface area contributed by atoms with Crippen molar-refractivity contribution in [2.24, 2.45) is 0 Å². The third-order valence-electron chi connectivity index (χ3n) is 7.31. The highest BCUT2D eigenvalue weighted by Crippen LogP contribution is 2.40. The maximum absolute atomic E-state index is 13.6. The normalized spacial score (nSPS) is 20.5. The summed E-state index contributed by atoms with van der Waals surface area (Å²) in [5.74, 6) is 0.936. The Bertz CT molecular complexity index is 1020. The van der Waals surface area contributed by atoms with E-state index in [0.29, 0.717) is 24.5 Å². The van der Waals surface area contributed by atoms with Crippen molar-refractivity contribution < 1.29 is 14.3 Å². The number of piperidine rings is 1. The summed E-state index contributed by atoms with van der Waals surface area (Å²) in [6.45, 7) is 8.17. The number of para-hydroxylation sites is 2. The molecule has 2 amide bonds. The molecule has 1 spiro atoms. The van der Waals surface area contributed by atoms with E-state index < -0.39 is 5.54 Å². The van der Waals surface area contributed by atoms with Crippen molar-refractivity contribution in [3.8, 4) is 5.75 Å². The van der Waals surface area contributed by atoms with Gasteiger partial charge in [-0.1, -0.05) is 30.3 Å². The molecule has 0 aliphatic carbocycles. The first kappa shape index (κ1) is 21.8. The highest BCUT2D eigenvalue weighted by molar-refractivity contribution is 5.97. The number of nitrogens with zero attached hydrogens (tertiary/aromatic N) is 4. The second-order valence-corrected chi connectivity index (χ2v) is 9.49. The number of fused-ring (bicyclic) bond motifs is 1. The summed E-state index contributed by atoms with van der Waals surface area (Å²) in [5.41, 5.74) is 1.26. The summed E-state index contributed by atoms with van der Waals surface area (Å²) in [7, 11) is 0. The smallest absolute Gasteiger partial charge is 0.260 e. The van der Waals surface area contributed by atoms with Crippen LogP contribution in [0.25, 0.3) is 0 Å². The topological polar surface area (TPSA) is 56.3 Å². The lowest BCUT2D eigenvalue weighted by Crippen LogP contribution is -2.57. The van der Waals surface area contributed by atoms with Crippen molar-refractivity contribution in [2.45, 2.75) is 38.3 Å². The van der Waals surface area contributed by atoms with Gasteiger partial charge in [0.2, 0.25) is 5.91 Å². The van der Waals surface area contributed by atoms with Crippen molar-refractivity contribution in [1.82, 2.24) is 14.7 Å². The van der Waals surface area contributed by atoms with Crippen LogP contribution in [0.1, 0.15) is 37.0 Å². The molecule has 2 aromatic rings. The third-order valence-corrected chi connectivity index (χ3v) is 7.31. The number of rotatable bonds is 5. The fraction of sp³-hybridized carbons (Fsp3) is 0.462. The van der Waals surface area contributed by atoms with Crippen molar-refractivity contribution in [3.63, 3.8) is 0 Å². The summed E-state index contributed by atoms with van der Waals surface area (Å²) in [4.78, 5) is 34.8. The number of hydrogen-bond acceptors (Lipinski definition) is 5. The number of benzene rings is 2. The van der Waals surface area contributed by atoms with Crippen LogP contribution in [0.3, 0.4) is 0 Å². The Labute approximate surface area is 195 Å². The minimum atomic E-state index is -0.481. The Hall–Kier alpha value is -3.06. The number of carbonyl (C=O) groups is 2. The van der Waals surface area contributed by atoms with Gasteiger partial charge >= 0.3 is 0 Å². The molecule has 0 aromatic heterocycles. The summed E-state index contributed by atoms with van der Waals surface area (Å²) >= 11 is 0. The SMILES string of the molecule is CC(C)N1CN(c2ccccc2)C2(CCN(CCN3COc4ccccc4C3=O)CC2)C1=O. The van der Waals surface area contributed by atoms with Gasteiger partial charge in [-0.3, -0.25) is 9.59 Å². The fourth-order valence-electron chi connectivity index (χ4n) is 5.27. The Morgan fingerprint density at radius 2 is 1.64 bits per heavy atom. The third kappa shape index (κ3) is 3.84. The Morgan fingerprint density at radius 1 is 0.939 bits per heavy atom. The van der Waals surface area contributed by atoms with Crippen LogP contribution >= 0.6 is 0 Å². The lowest BCUT2D eigenvalue weighted by Gasteiger charge is -2.43. The zero-order valence-electron chi connectivity index (χ0n) is 19.4. The van der Waals surface area contributed by atoms with Crippen LogP contribution in [0.5, 0.6) is 5.75 Å². The van der Waals surface area contributed by atoms with E-state index in [9.17, 15) is 9.59 Å². The molecular weight excluding hydrogens is 416 g/mol. The number of ether oxygens (including phenoxy) is 1. The Balaban J connectivity index is 1.25. The number of anilines is 1. The molecule has 0 atom stereocenters. The highest BCUT2D eigenvalue weighted by Gasteiger charge is 2.54. The van der Waals surface area contributed by atoms with E-state index in [1.807, 2.05) is 47.4 Å². The zero-order chi connectivity index (χ0) is 23.0. The van der Waals surface area contributed by atoms with Crippen molar-refractivity contribution in [2.75, 3.05) is 44.5 Å². The number of amides is 2. The van der Waals surface area contributed by atoms with Crippen molar-refractivity contribution >= 4 is 17.5 Å². The van der Waals surface area contributed by atoms with Crippen molar-refractivity contribution in [3.05, 3.63) is 60.2 Å². The minimum Gasteiger partial charge on any atom is -0.472 e. The predicted octanol–water partition coefficient (Wildman–Crippen LogP) is 3.03. The van der Waals surface area contributed by atoms with Gasteiger partial charge in [-0.15, -0.1) is 0 Å². The van der Waals surface area contributed by atoms with E-state index in [1.54, 1.807) is 4.90 Å². The summed E-state index contributed by atoms with van der Waals surface area (Å²) in [5, 5.41) is 0. The molecule has 0 saturated carbocycles. The largest absolute Gasteiger partial charge is 0.472 e. The molecule has 0 unspecified atom stereocenters. The van der Waals surface area contributed by atoms with E-state index in [1.165, 1.54) is 0 Å². The van der Waals surface area contributed by atoms with Crippen LogP contribution in [0, 0.1) is 0 Å². The van der Waals surface area contributed by atoms with Gasteiger partial charge < -0.3 is 24.3 Å². The summed E-state index contributed by atoms with van der Waals surface area (Å²) in [6, 6.07) is 17.9. The molecular formula is C26H32N4O3. The Morgan fingerprint density at radius 3 is 2.36 bits per heavy atom. The summed E-state index contributed by atoms with van der Waals surface area (Å²) < 4.78 is 5.76. The standard InChI is InChI=1S/C26H32N4O3/c1-20(2)29-18-30(21-8-4-3-5-9-21)26(25(29)32)12-14-27(15-13-26)16-17-28-19-33-23-11-7-6-10-22(23)24(28)31/h3-11,20H,12-19H2,1-2H3.